The van der Waals surface area contributed by atoms with Gasteiger partial charge in [-0.2, -0.15) is 11.8 Å². The molecule has 100 valence electrons. The maximum absolute atomic E-state index is 12.3. The van der Waals surface area contributed by atoms with E-state index >= 15 is 0 Å². The van der Waals surface area contributed by atoms with Crippen LogP contribution in [-0.2, 0) is 4.79 Å². The second-order valence-electron chi connectivity index (χ2n) is 5.05. The molecule has 1 amide bonds. The number of rotatable bonds is 4. The molecule has 1 heterocycles. The number of carbonyl (C=O) groups is 1. The molecule has 0 saturated carbocycles. The van der Waals surface area contributed by atoms with Gasteiger partial charge in [-0.05, 0) is 25.0 Å². The molecule has 0 aromatic heterocycles. The molecule has 3 nitrogen and oxygen atoms in total. The number of thioether (sulfide) groups is 1. The Balaban J connectivity index is 2.60. The number of amides is 1. The minimum Gasteiger partial charge on any atom is -0.340 e. The third kappa shape index (κ3) is 4.18. The molecule has 0 aromatic rings. The minimum atomic E-state index is -0.319. The molecular weight excluding hydrogens is 232 g/mol. The summed E-state index contributed by atoms with van der Waals surface area (Å²) in [4.78, 5) is 14.3. The van der Waals surface area contributed by atoms with Crippen molar-refractivity contribution in [3.05, 3.63) is 0 Å². The monoisotopic (exact) mass is 258 g/mol. The average molecular weight is 258 g/mol. The third-order valence-electron chi connectivity index (χ3n) is 3.82. The summed E-state index contributed by atoms with van der Waals surface area (Å²) in [6.45, 7) is 5.92. The molecule has 0 spiro atoms. The van der Waals surface area contributed by atoms with Crippen LogP contribution in [0.5, 0.6) is 0 Å². The van der Waals surface area contributed by atoms with Crippen LogP contribution < -0.4 is 5.73 Å². The quantitative estimate of drug-likeness (QED) is 0.840. The number of carbonyl (C=O) groups excluding carboxylic acids is 1. The SMILES string of the molecule is CCC(C)C(N)C(=O)N1CCCCC(SC)C1. The summed E-state index contributed by atoms with van der Waals surface area (Å²) in [5.74, 6) is 0.429. The fourth-order valence-electron chi connectivity index (χ4n) is 2.20. The molecule has 1 rings (SSSR count). The van der Waals surface area contributed by atoms with Crippen molar-refractivity contribution in [3.8, 4) is 0 Å². The highest BCUT2D eigenvalue weighted by molar-refractivity contribution is 7.99. The van der Waals surface area contributed by atoms with Crippen LogP contribution in [0.15, 0.2) is 0 Å². The van der Waals surface area contributed by atoms with Gasteiger partial charge >= 0.3 is 0 Å². The maximum Gasteiger partial charge on any atom is 0.239 e. The summed E-state index contributed by atoms with van der Waals surface area (Å²) in [6, 6.07) is -0.319. The van der Waals surface area contributed by atoms with Crippen LogP contribution in [0.4, 0.5) is 0 Å². The normalized spacial score (nSPS) is 25.2. The fraction of sp³-hybridized carbons (Fsp3) is 0.923. The van der Waals surface area contributed by atoms with E-state index in [4.69, 9.17) is 5.73 Å². The van der Waals surface area contributed by atoms with Gasteiger partial charge in [0.05, 0.1) is 6.04 Å². The smallest absolute Gasteiger partial charge is 0.239 e. The van der Waals surface area contributed by atoms with Gasteiger partial charge in [-0.1, -0.05) is 26.7 Å². The molecule has 3 unspecified atom stereocenters. The predicted molar refractivity (Wildman–Crippen MR) is 75.2 cm³/mol. The maximum atomic E-state index is 12.3. The van der Waals surface area contributed by atoms with Gasteiger partial charge in [-0.15, -0.1) is 0 Å². The van der Waals surface area contributed by atoms with Gasteiger partial charge in [0.15, 0.2) is 0 Å². The second-order valence-corrected chi connectivity index (χ2v) is 6.19. The molecule has 2 N–H and O–H groups in total. The molecule has 1 aliphatic rings. The highest BCUT2D eigenvalue weighted by Gasteiger charge is 2.27. The van der Waals surface area contributed by atoms with Crippen molar-refractivity contribution >= 4 is 17.7 Å². The Morgan fingerprint density at radius 3 is 2.82 bits per heavy atom. The summed E-state index contributed by atoms with van der Waals surface area (Å²) in [6.07, 6.45) is 6.67. The van der Waals surface area contributed by atoms with Gasteiger partial charge in [-0.3, -0.25) is 4.79 Å². The zero-order chi connectivity index (χ0) is 12.8. The van der Waals surface area contributed by atoms with Gasteiger partial charge in [0.2, 0.25) is 5.91 Å². The van der Waals surface area contributed by atoms with E-state index in [0.717, 1.165) is 25.9 Å². The summed E-state index contributed by atoms with van der Waals surface area (Å²) in [5.41, 5.74) is 6.04. The topological polar surface area (TPSA) is 46.3 Å². The number of nitrogens with two attached hydrogens (primary N) is 1. The molecule has 1 saturated heterocycles. The number of likely N-dealkylation sites (tertiary alicyclic amines) is 1. The zero-order valence-corrected chi connectivity index (χ0v) is 12.1. The molecule has 0 aliphatic carbocycles. The summed E-state index contributed by atoms with van der Waals surface area (Å²) in [7, 11) is 0. The van der Waals surface area contributed by atoms with Gasteiger partial charge in [0, 0.05) is 18.3 Å². The standard InChI is InChI=1S/C13H26N2OS/c1-4-10(2)12(14)13(16)15-8-6-5-7-11(9-15)17-3/h10-12H,4-9,14H2,1-3H3. The first-order chi connectivity index (χ1) is 8.10. The van der Waals surface area contributed by atoms with E-state index in [-0.39, 0.29) is 17.9 Å². The third-order valence-corrected chi connectivity index (χ3v) is 4.87. The van der Waals surface area contributed by atoms with Crippen molar-refractivity contribution in [3.63, 3.8) is 0 Å². The molecule has 3 atom stereocenters. The van der Waals surface area contributed by atoms with Crippen LogP contribution in [0.3, 0.4) is 0 Å². The van der Waals surface area contributed by atoms with E-state index in [2.05, 4.69) is 20.1 Å². The molecule has 17 heavy (non-hydrogen) atoms. The van der Waals surface area contributed by atoms with Crippen molar-refractivity contribution in [1.29, 1.82) is 0 Å². The summed E-state index contributed by atoms with van der Waals surface area (Å²) < 4.78 is 0. The number of hydrogen-bond acceptors (Lipinski definition) is 3. The summed E-state index contributed by atoms with van der Waals surface area (Å²) >= 11 is 1.87. The van der Waals surface area contributed by atoms with E-state index in [1.54, 1.807) is 0 Å². The lowest BCUT2D eigenvalue weighted by Gasteiger charge is -2.28. The molecule has 1 aliphatic heterocycles. The Morgan fingerprint density at radius 2 is 2.24 bits per heavy atom. The predicted octanol–water partition coefficient (Wildman–Crippen LogP) is 2.10. The minimum absolute atomic E-state index is 0.153. The Labute approximate surface area is 109 Å². The van der Waals surface area contributed by atoms with Crippen LogP contribution in [0, 0.1) is 5.92 Å². The number of hydrogen-bond donors (Lipinski definition) is 1. The highest BCUT2D eigenvalue weighted by atomic mass is 32.2. The van der Waals surface area contributed by atoms with Crippen molar-refractivity contribution in [2.24, 2.45) is 11.7 Å². The van der Waals surface area contributed by atoms with Crippen molar-refractivity contribution in [1.82, 2.24) is 4.90 Å². The van der Waals surface area contributed by atoms with Crippen LogP contribution >= 0.6 is 11.8 Å². The van der Waals surface area contributed by atoms with Crippen LogP contribution in [0.1, 0.15) is 39.5 Å². The summed E-state index contributed by atoms with van der Waals surface area (Å²) in [5, 5.41) is 0.589. The van der Waals surface area contributed by atoms with E-state index < -0.39 is 0 Å². The van der Waals surface area contributed by atoms with Gasteiger partial charge in [-0.25, -0.2) is 0 Å². The molecular formula is C13H26N2OS. The zero-order valence-electron chi connectivity index (χ0n) is 11.3. The van der Waals surface area contributed by atoms with E-state index in [0.29, 0.717) is 5.25 Å². The highest BCUT2D eigenvalue weighted by Crippen LogP contribution is 2.21. The first-order valence-electron chi connectivity index (χ1n) is 6.67. The van der Waals surface area contributed by atoms with Gasteiger partial charge < -0.3 is 10.6 Å². The van der Waals surface area contributed by atoms with Crippen molar-refractivity contribution in [2.45, 2.75) is 50.8 Å². The largest absolute Gasteiger partial charge is 0.340 e. The lowest BCUT2D eigenvalue weighted by molar-refractivity contribution is -0.133. The average Bonchev–Trinajstić information content (AvgIpc) is 2.61. The lowest BCUT2D eigenvalue weighted by Crippen LogP contribution is -2.48. The van der Waals surface area contributed by atoms with E-state index in [9.17, 15) is 4.79 Å². The molecule has 1 fully saturated rings. The Kier molecular flexibility index (Phi) is 6.34. The Bertz CT molecular complexity index is 248. The Morgan fingerprint density at radius 1 is 1.53 bits per heavy atom. The van der Waals surface area contributed by atoms with Crippen LogP contribution in [0.25, 0.3) is 0 Å². The first-order valence-corrected chi connectivity index (χ1v) is 7.96. The van der Waals surface area contributed by atoms with Gasteiger partial charge in [0.25, 0.3) is 0 Å². The van der Waals surface area contributed by atoms with Gasteiger partial charge in [0.1, 0.15) is 0 Å². The Hall–Kier alpha value is -0.220. The van der Waals surface area contributed by atoms with Crippen LogP contribution in [-0.4, -0.2) is 41.4 Å². The number of nitrogens with zero attached hydrogens (tertiary/aromatic N) is 1. The molecule has 0 radical (unpaired) electrons. The van der Waals surface area contributed by atoms with E-state index in [1.807, 2.05) is 16.7 Å². The molecule has 0 bridgehead atoms. The van der Waals surface area contributed by atoms with Crippen molar-refractivity contribution in [2.75, 3.05) is 19.3 Å². The van der Waals surface area contributed by atoms with Crippen molar-refractivity contribution < 1.29 is 4.79 Å². The first kappa shape index (κ1) is 14.8. The van der Waals surface area contributed by atoms with E-state index in [1.165, 1.54) is 12.8 Å². The second kappa shape index (κ2) is 7.27. The molecule has 0 aromatic carbocycles. The fourth-order valence-corrected chi connectivity index (χ4v) is 2.94. The van der Waals surface area contributed by atoms with Crippen LogP contribution in [0.2, 0.25) is 0 Å². The lowest BCUT2D eigenvalue weighted by atomic mass is 9.99. The molecule has 4 heteroatoms.